The minimum Gasteiger partial charge on any atom is -0.361 e. The Morgan fingerprint density at radius 2 is 2.06 bits per heavy atom. The van der Waals surface area contributed by atoms with Crippen molar-refractivity contribution in [3.8, 4) is 0 Å². The average molecular weight is 238 g/mol. The van der Waals surface area contributed by atoms with Gasteiger partial charge in [-0.15, -0.1) is 0 Å². The highest BCUT2D eigenvalue weighted by molar-refractivity contribution is 5.69. The van der Waals surface area contributed by atoms with Crippen LogP contribution in [-0.4, -0.2) is 25.3 Å². The Morgan fingerprint density at radius 3 is 2.71 bits per heavy atom. The van der Waals surface area contributed by atoms with Crippen molar-refractivity contribution >= 4 is 11.2 Å². The molecule has 17 heavy (non-hydrogen) atoms. The third-order valence-electron chi connectivity index (χ3n) is 2.63. The number of hydrogen-bond acceptors (Lipinski definition) is 4. The lowest BCUT2D eigenvalue weighted by Gasteiger charge is -2.08. The number of fused-ring (bicyclic) bond motifs is 1. The predicted molar refractivity (Wildman–Crippen MR) is 61.8 cm³/mol. The zero-order valence-corrected chi connectivity index (χ0v) is 10.0. The van der Waals surface area contributed by atoms with Crippen LogP contribution >= 0.6 is 0 Å². The highest BCUT2D eigenvalue weighted by Gasteiger charge is 2.14. The zero-order valence-electron chi connectivity index (χ0n) is 10.0. The van der Waals surface area contributed by atoms with Gasteiger partial charge in [-0.2, -0.15) is 0 Å². The SMILES string of the molecule is CCOCn1c(=O)c2c(ncn2C)n(C)c1=O. The summed E-state index contributed by atoms with van der Waals surface area (Å²) in [5.41, 5.74) is -0.0201. The number of hydrogen-bond donors (Lipinski definition) is 0. The van der Waals surface area contributed by atoms with Crippen LogP contribution in [0.1, 0.15) is 6.92 Å². The summed E-state index contributed by atoms with van der Waals surface area (Å²) >= 11 is 0. The summed E-state index contributed by atoms with van der Waals surface area (Å²) in [6.45, 7) is 2.21. The molecule has 0 aliphatic rings. The second-order valence-corrected chi connectivity index (χ2v) is 3.72. The Hall–Kier alpha value is -1.89. The van der Waals surface area contributed by atoms with Crippen LogP contribution < -0.4 is 11.2 Å². The van der Waals surface area contributed by atoms with Crippen molar-refractivity contribution in [2.45, 2.75) is 13.7 Å². The third kappa shape index (κ3) is 1.68. The first-order valence-corrected chi connectivity index (χ1v) is 5.26. The first-order valence-electron chi connectivity index (χ1n) is 5.26. The molecule has 2 rings (SSSR count). The summed E-state index contributed by atoms with van der Waals surface area (Å²) in [6.07, 6.45) is 1.51. The molecule has 0 aliphatic heterocycles. The van der Waals surface area contributed by atoms with Gasteiger partial charge in [-0.05, 0) is 6.92 Å². The van der Waals surface area contributed by atoms with Gasteiger partial charge in [0.05, 0.1) is 6.33 Å². The lowest BCUT2D eigenvalue weighted by atomic mass is 10.5. The molecule has 92 valence electrons. The van der Waals surface area contributed by atoms with Crippen molar-refractivity contribution in [2.75, 3.05) is 6.61 Å². The van der Waals surface area contributed by atoms with Crippen molar-refractivity contribution in [3.05, 3.63) is 27.2 Å². The molecule has 7 nitrogen and oxygen atoms in total. The smallest absolute Gasteiger partial charge is 0.334 e. The molecule has 0 bridgehead atoms. The van der Waals surface area contributed by atoms with Crippen molar-refractivity contribution in [3.63, 3.8) is 0 Å². The average Bonchev–Trinajstić information content (AvgIpc) is 2.69. The first kappa shape index (κ1) is 11.6. The Morgan fingerprint density at radius 1 is 1.35 bits per heavy atom. The molecule has 2 heterocycles. The highest BCUT2D eigenvalue weighted by atomic mass is 16.5. The molecular formula is C10H14N4O3. The Bertz CT molecular complexity index is 664. The second kappa shape index (κ2) is 4.17. The van der Waals surface area contributed by atoms with Crippen molar-refractivity contribution in [1.29, 1.82) is 0 Å². The maximum Gasteiger partial charge on any atom is 0.334 e. The Kier molecular flexibility index (Phi) is 2.84. The fourth-order valence-corrected chi connectivity index (χ4v) is 1.69. The lowest BCUT2D eigenvalue weighted by Crippen LogP contribution is -2.40. The summed E-state index contributed by atoms with van der Waals surface area (Å²) < 4.78 is 9.12. The van der Waals surface area contributed by atoms with E-state index in [-0.39, 0.29) is 12.3 Å². The van der Waals surface area contributed by atoms with E-state index in [2.05, 4.69) is 4.98 Å². The standard InChI is InChI=1S/C10H14N4O3/c1-4-17-6-14-9(15)7-8(11-5-12(7)2)13(3)10(14)16/h5H,4,6H2,1-3H3. The van der Waals surface area contributed by atoms with E-state index in [1.165, 1.54) is 10.9 Å². The summed E-state index contributed by atoms with van der Waals surface area (Å²) in [6, 6.07) is 0. The number of nitrogens with zero attached hydrogens (tertiary/aromatic N) is 4. The third-order valence-corrected chi connectivity index (χ3v) is 2.63. The van der Waals surface area contributed by atoms with E-state index in [9.17, 15) is 9.59 Å². The molecule has 2 aromatic rings. The molecule has 0 fully saturated rings. The predicted octanol–water partition coefficient (Wildman–Crippen LogP) is -0.572. The molecule has 7 heteroatoms. The molecule has 0 radical (unpaired) electrons. The van der Waals surface area contributed by atoms with Gasteiger partial charge in [-0.3, -0.25) is 9.36 Å². The summed E-state index contributed by atoms with van der Waals surface area (Å²) in [4.78, 5) is 28.0. The molecule has 0 atom stereocenters. The summed E-state index contributed by atoms with van der Waals surface area (Å²) in [7, 11) is 3.30. The molecular weight excluding hydrogens is 224 g/mol. The molecule has 0 spiro atoms. The number of aryl methyl sites for hydroxylation is 2. The van der Waals surface area contributed by atoms with Gasteiger partial charge in [-0.25, -0.2) is 14.3 Å². The number of rotatable bonds is 3. The van der Waals surface area contributed by atoms with Crippen LogP contribution in [0.15, 0.2) is 15.9 Å². The van der Waals surface area contributed by atoms with Crippen molar-refractivity contribution in [1.82, 2.24) is 18.7 Å². The van der Waals surface area contributed by atoms with E-state index >= 15 is 0 Å². The van der Waals surface area contributed by atoms with Crippen molar-refractivity contribution < 1.29 is 4.74 Å². The summed E-state index contributed by atoms with van der Waals surface area (Å²) in [5, 5.41) is 0. The van der Waals surface area contributed by atoms with Crippen LogP contribution in [-0.2, 0) is 25.6 Å². The maximum atomic E-state index is 12.1. The Labute approximate surface area is 96.9 Å². The van der Waals surface area contributed by atoms with Gasteiger partial charge < -0.3 is 9.30 Å². The van der Waals surface area contributed by atoms with Crippen LogP contribution in [0.5, 0.6) is 0 Å². The molecule has 2 aromatic heterocycles. The van der Waals surface area contributed by atoms with E-state index in [1.807, 2.05) is 0 Å². The number of ether oxygens (including phenoxy) is 1. The van der Waals surface area contributed by atoms with E-state index in [4.69, 9.17) is 4.74 Å². The van der Waals surface area contributed by atoms with Crippen LogP contribution in [0.2, 0.25) is 0 Å². The normalized spacial score (nSPS) is 11.2. The lowest BCUT2D eigenvalue weighted by molar-refractivity contribution is 0.0817. The fraction of sp³-hybridized carbons (Fsp3) is 0.500. The molecule has 0 aromatic carbocycles. The topological polar surface area (TPSA) is 71.1 Å². The minimum absolute atomic E-state index is 0.0386. The van der Waals surface area contributed by atoms with Crippen LogP contribution in [0, 0.1) is 0 Å². The molecule has 0 amide bonds. The van der Waals surface area contributed by atoms with Gasteiger partial charge in [-0.1, -0.05) is 0 Å². The van der Waals surface area contributed by atoms with E-state index in [1.54, 1.807) is 25.6 Å². The van der Waals surface area contributed by atoms with Crippen LogP contribution in [0.25, 0.3) is 11.2 Å². The zero-order chi connectivity index (χ0) is 12.6. The molecule has 0 N–H and O–H groups in total. The van der Waals surface area contributed by atoms with Gasteiger partial charge in [0.1, 0.15) is 6.73 Å². The maximum absolute atomic E-state index is 12.1. The quantitative estimate of drug-likeness (QED) is 0.717. The van der Waals surface area contributed by atoms with Crippen LogP contribution in [0.3, 0.4) is 0 Å². The minimum atomic E-state index is -0.422. The molecule has 0 aliphatic carbocycles. The van der Waals surface area contributed by atoms with Gasteiger partial charge >= 0.3 is 5.69 Å². The van der Waals surface area contributed by atoms with Gasteiger partial charge in [0.15, 0.2) is 11.2 Å². The van der Waals surface area contributed by atoms with Gasteiger partial charge in [0.2, 0.25) is 0 Å². The highest BCUT2D eigenvalue weighted by Crippen LogP contribution is 2.02. The van der Waals surface area contributed by atoms with Gasteiger partial charge in [0.25, 0.3) is 5.56 Å². The van der Waals surface area contributed by atoms with Crippen molar-refractivity contribution in [2.24, 2.45) is 14.1 Å². The first-order chi connectivity index (χ1) is 8.07. The molecule has 0 unspecified atom stereocenters. The van der Waals surface area contributed by atoms with E-state index in [0.717, 1.165) is 4.57 Å². The number of aromatic nitrogens is 4. The monoisotopic (exact) mass is 238 g/mol. The fourth-order valence-electron chi connectivity index (χ4n) is 1.69. The molecule has 0 saturated heterocycles. The second-order valence-electron chi connectivity index (χ2n) is 3.72. The molecule has 0 saturated carbocycles. The Balaban J connectivity index is 2.80. The van der Waals surface area contributed by atoms with Gasteiger partial charge in [0, 0.05) is 20.7 Å². The largest absolute Gasteiger partial charge is 0.361 e. The van der Waals surface area contributed by atoms with E-state index < -0.39 is 5.69 Å². The van der Waals surface area contributed by atoms with E-state index in [0.29, 0.717) is 17.8 Å². The number of imidazole rings is 1. The summed E-state index contributed by atoms with van der Waals surface area (Å²) in [5.74, 6) is 0. The van der Waals surface area contributed by atoms with Crippen LogP contribution in [0.4, 0.5) is 0 Å².